The summed E-state index contributed by atoms with van der Waals surface area (Å²) in [6, 6.07) is 19.7. The van der Waals surface area contributed by atoms with Gasteiger partial charge in [-0.1, -0.05) is 107 Å². The summed E-state index contributed by atoms with van der Waals surface area (Å²) >= 11 is 25.0. The number of halogens is 3. The number of carbonyl (C=O) groups excluding carboxylic acids is 2. The van der Waals surface area contributed by atoms with E-state index < -0.39 is 15.9 Å². The average molecular weight is 596 g/mol. The summed E-state index contributed by atoms with van der Waals surface area (Å²) in [7, 11) is 1.57. The second-order valence-corrected chi connectivity index (χ2v) is 12.0. The van der Waals surface area contributed by atoms with Crippen LogP contribution in [0.3, 0.4) is 0 Å². The van der Waals surface area contributed by atoms with Crippen LogP contribution in [0.25, 0.3) is 16.8 Å². The molecule has 1 aliphatic rings. The Balaban J connectivity index is 1.48. The maximum Gasteiger partial charge on any atom is 0.266 e. The fourth-order valence-corrected chi connectivity index (χ4v) is 5.21. The Kier molecular flexibility index (Phi) is 9.00. The number of benzene rings is 3. The first-order valence-electron chi connectivity index (χ1n) is 11.0. The summed E-state index contributed by atoms with van der Waals surface area (Å²) in [5.74, 6) is -0.251. The fraction of sp³-hybridized carbons (Fsp3) is 0.192. The van der Waals surface area contributed by atoms with E-state index in [1.165, 1.54) is 16.7 Å². The van der Waals surface area contributed by atoms with Gasteiger partial charge in [0.15, 0.2) is 0 Å². The van der Waals surface area contributed by atoms with E-state index in [0.717, 1.165) is 16.3 Å². The summed E-state index contributed by atoms with van der Waals surface area (Å²) in [4.78, 5) is 27.7. The molecule has 0 spiro atoms. The third-order valence-electron chi connectivity index (χ3n) is 5.42. The highest BCUT2D eigenvalue weighted by Crippen LogP contribution is 2.34. The Morgan fingerprint density at radius 3 is 2.51 bits per heavy atom. The molecule has 6 nitrogen and oxygen atoms in total. The molecule has 0 unspecified atom stereocenters. The van der Waals surface area contributed by atoms with Gasteiger partial charge in [0.2, 0.25) is 10.0 Å². The van der Waals surface area contributed by atoms with Crippen LogP contribution in [0.15, 0.2) is 71.6 Å². The van der Waals surface area contributed by atoms with Gasteiger partial charge in [0.1, 0.15) is 10.1 Å². The third-order valence-corrected chi connectivity index (χ3v) is 7.39. The first kappa shape index (κ1) is 27.7. The van der Waals surface area contributed by atoms with E-state index in [1.54, 1.807) is 49.6 Å². The number of methoxy groups -OCH3 is 1. The lowest BCUT2D eigenvalue weighted by Crippen LogP contribution is -2.47. The Morgan fingerprint density at radius 2 is 1.81 bits per heavy atom. The van der Waals surface area contributed by atoms with E-state index in [1.807, 2.05) is 30.3 Å². The molecular formula is C26H21Cl3N2O4S2. The number of thioether (sulfide) groups is 1. The molecule has 0 saturated carbocycles. The van der Waals surface area contributed by atoms with Crippen LogP contribution in [-0.4, -0.2) is 51.3 Å². The highest BCUT2D eigenvalue weighted by molar-refractivity contribution is 8.26. The molecule has 11 heteroatoms. The van der Waals surface area contributed by atoms with Gasteiger partial charge in [-0.25, -0.2) is 0 Å². The van der Waals surface area contributed by atoms with Gasteiger partial charge in [0, 0.05) is 12.7 Å². The largest absolute Gasteiger partial charge is 0.466 e. The van der Waals surface area contributed by atoms with Gasteiger partial charge in [0.25, 0.3) is 11.8 Å². The highest BCUT2D eigenvalue weighted by Gasteiger charge is 2.37. The topological polar surface area (TPSA) is 67.9 Å². The summed E-state index contributed by atoms with van der Waals surface area (Å²) < 4.78 is 9.42. The molecule has 192 valence electrons. The zero-order chi connectivity index (χ0) is 26.6. The minimum atomic E-state index is -1.95. The van der Waals surface area contributed by atoms with Crippen LogP contribution in [-0.2, 0) is 9.53 Å². The van der Waals surface area contributed by atoms with Crippen LogP contribution >= 0.6 is 58.8 Å². The Morgan fingerprint density at radius 1 is 1.11 bits per heavy atom. The molecule has 0 aliphatic carbocycles. The fourth-order valence-electron chi connectivity index (χ4n) is 3.60. The maximum atomic E-state index is 13.1. The molecule has 1 N–H and O–H groups in total. The molecule has 1 saturated heterocycles. The normalized spacial score (nSPS) is 15.9. The van der Waals surface area contributed by atoms with Crippen molar-refractivity contribution in [1.82, 2.24) is 10.2 Å². The van der Waals surface area contributed by atoms with Crippen LogP contribution in [0.5, 0.6) is 5.75 Å². The molecule has 2 amide bonds. The van der Waals surface area contributed by atoms with Gasteiger partial charge in [-0.3, -0.25) is 14.5 Å². The highest BCUT2D eigenvalue weighted by atomic mass is 35.6. The van der Waals surface area contributed by atoms with Crippen molar-refractivity contribution in [2.24, 2.45) is 0 Å². The molecule has 37 heavy (non-hydrogen) atoms. The van der Waals surface area contributed by atoms with Crippen molar-refractivity contribution in [2.45, 2.75) is 10.0 Å². The number of fused-ring (bicyclic) bond motifs is 1. The Bertz CT molecular complexity index is 1350. The molecule has 0 aromatic heterocycles. The predicted octanol–water partition coefficient (Wildman–Crippen LogP) is 6.19. The zero-order valence-electron chi connectivity index (χ0n) is 19.5. The number of hydrogen-bond acceptors (Lipinski definition) is 6. The molecule has 0 bridgehead atoms. The van der Waals surface area contributed by atoms with Gasteiger partial charge in [0.05, 0.1) is 18.1 Å². The summed E-state index contributed by atoms with van der Waals surface area (Å²) in [5.41, 5.74) is 1.18. The van der Waals surface area contributed by atoms with Crippen molar-refractivity contribution in [3.05, 3.63) is 82.8 Å². The summed E-state index contributed by atoms with van der Waals surface area (Å²) in [6.45, 7) is 0.793. The number of rotatable bonds is 8. The number of ether oxygens (including phenoxy) is 2. The van der Waals surface area contributed by atoms with Crippen LogP contribution in [0.2, 0.25) is 0 Å². The summed E-state index contributed by atoms with van der Waals surface area (Å²) in [6.07, 6.45) is 0.469. The molecule has 1 atom stereocenters. The van der Waals surface area contributed by atoms with E-state index >= 15 is 0 Å². The first-order chi connectivity index (χ1) is 17.7. The van der Waals surface area contributed by atoms with Gasteiger partial charge in [-0.05, 0) is 40.6 Å². The lowest BCUT2D eigenvalue weighted by Gasteiger charge is -2.26. The molecule has 3 aromatic rings. The van der Waals surface area contributed by atoms with Crippen molar-refractivity contribution in [3.63, 3.8) is 0 Å². The Labute approximate surface area is 238 Å². The van der Waals surface area contributed by atoms with Crippen LogP contribution in [0, 0.1) is 0 Å². The van der Waals surface area contributed by atoms with Gasteiger partial charge >= 0.3 is 0 Å². The van der Waals surface area contributed by atoms with Crippen molar-refractivity contribution in [3.8, 4) is 5.75 Å². The SMILES string of the molecule is COCCN1C(=O)/C(=C/c2ccc(O[C@@H](NC(=O)c3cccc4ccccc34)C(Cl)(Cl)Cl)cc2)SC1=S. The van der Waals surface area contributed by atoms with Crippen LogP contribution in [0.4, 0.5) is 0 Å². The second-order valence-electron chi connectivity index (χ2n) is 7.93. The van der Waals surface area contributed by atoms with Crippen LogP contribution < -0.4 is 10.1 Å². The molecule has 0 radical (unpaired) electrons. The number of hydrogen-bond donors (Lipinski definition) is 1. The van der Waals surface area contributed by atoms with Gasteiger partial charge in [-0.2, -0.15) is 0 Å². The average Bonchev–Trinajstić information content (AvgIpc) is 3.14. The number of amides is 2. The third kappa shape index (κ3) is 6.76. The molecule has 4 rings (SSSR count). The summed E-state index contributed by atoms with van der Waals surface area (Å²) in [5, 5.41) is 4.35. The van der Waals surface area contributed by atoms with Crippen molar-refractivity contribution < 1.29 is 19.1 Å². The van der Waals surface area contributed by atoms with Gasteiger partial charge in [-0.15, -0.1) is 0 Å². The quantitative estimate of drug-likeness (QED) is 0.145. The molecular weight excluding hydrogens is 575 g/mol. The smallest absolute Gasteiger partial charge is 0.266 e. The lowest BCUT2D eigenvalue weighted by atomic mass is 10.0. The molecule has 1 aliphatic heterocycles. The monoisotopic (exact) mass is 594 g/mol. The van der Waals surface area contributed by atoms with E-state index in [9.17, 15) is 9.59 Å². The lowest BCUT2D eigenvalue weighted by molar-refractivity contribution is -0.122. The molecule has 3 aromatic carbocycles. The standard InChI is InChI=1S/C26H21Cl3N2O4S2/c1-34-14-13-31-23(33)21(37-25(31)36)15-16-9-11-18(12-10-16)35-24(26(27,28)29)30-22(32)20-8-4-6-17-5-2-3-7-19(17)20/h2-12,15,24H,13-14H2,1H3,(H,30,32)/b21-15-/t24-/m1/s1. The zero-order valence-corrected chi connectivity index (χ0v) is 23.4. The number of thiocarbonyl (C=S) groups is 1. The minimum absolute atomic E-state index is 0.167. The van der Waals surface area contributed by atoms with Crippen molar-refractivity contribution in [2.75, 3.05) is 20.3 Å². The van der Waals surface area contributed by atoms with Crippen molar-refractivity contribution >= 4 is 91.8 Å². The molecule has 1 fully saturated rings. The molecule has 1 heterocycles. The van der Waals surface area contributed by atoms with Crippen LogP contribution in [0.1, 0.15) is 15.9 Å². The number of carbonyl (C=O) groups is 2. The van der Waals surface area contributed by atoms with E-state index in [4.69, 9.17) is 56.5 Å². The Hall–Kier alpha value is -2.33. The first-order valence-corrected chi connectivity index (χ1v) is 13.4. The van der Waals surface area contributed by atoms with E-state index in [0.29, 0.717) is 33.7 Å². The minimum Gasteiger partial charge on any atom is -0.466 e. The second kappa shape index (κ2) is 12.0. The maximum absolute atomic E-state index is 13.1. The number of nitrogens with one attached hydrogen (secondary N) is 1. The van der Waals surface area contributed by atoms with E-state index in [-0.39, 0.29) is 5.91 Å². The van der Waals surface area contributed by atoms with E-state index in [2.05, 4.69) is 5.32 Å². The van der Waals surface area contributed by atoms with Crippen molar-refractivity contribution in [1.29, 1.82) is 0 Å². The number of alkyl halides is 3. The predicted molar refractivity (Wildman–Crippen MR) is 154 cm³/mol. The van der Waals surface area contributed by atoms with Gasteiger partial charge < -0.3 is 14.8 Å². The number of nitrogens with zero attached hydrogens (tertiary/aromatic N) is 1.